The van der Waals surface area contributed by atoms with Crippen molar-refractivity contribution in [3.8, 4) is 22.3 Å². The molecule has 0 aromatic heterocycles. The quantitative estimate of drug-likeness (QED) is 0.0244. The molecule has 0 radical (unpaired) electrons. The van der Waals surface area contributed by atoms with E-state index in [2.05, 4.69) is 463 Å². The summed E-state index contributed by atoms with van der Waals surface area (Å²) in [5.74, 6) is 0. The van der Waals surface area contributed by atoms with Crippen LogP contribution in [0.25, 0.3) is 58.7 Å². The fourth-order valence-electron chi connectivity index (χ4n) is 13.6. The molecule has 0 fully saturated rings. The molecule has 0 spiro atoms. The van der Waals surface area contributed by atoms with Crippen molar-refractivity contribution in [3.63, 3.8) is 0 Å². The maximum Gasteiger partial charge on any atom is 1.00 e. The molecule has 0 unspecified atom stereocenters. The molecule has 16 rings (SSSR count). The number of para-hydroxylation sites is 2. The van der Waals surface area contributed by atoms with Gasteiger partial charge in [-0.25, -0.2) is 0 Å². The first-order valence-corrected chi connectivity index (χ1v) is 46.6. The Kier molecular flexibility index (Phi) is 42.4. The SMILES string of the molecule is C.CC(C)(C)[O-].CCOP(=O)(Cc1ccc(Br)cc1)OCC.Cc1ccc(/C=C/c2ccc(Br)cc2)cc1.Cc1ccc(/C=C/c2ccc(N(c3ccccc3)c3ccc(-c4ccc(N(c5ccccc5)c5ccc(/C=C/c6ccc(C)cc6)cc5)cc4)cc3)cc2)cc1.Cc1ccc(C=O)cc1.[K+].c1ccc(Cc2ccc(-c3ccc(Cc4ccccc4)cc3)cc2)cc1. The van der Waals surface area contributed by atoms with Crippen molar-refractivity contribution in [2.24, 2.45) is 0 Å². The van der Waals surface area contributed by atoms with Crippen molar-refractivity contribution in [2.75, 3.05) is 23.0 Å². The Morgan fingerprint density at radius 1 is 0.292 bits per heavy atom. The zero-order chi connectivity index (χ0) is 90.3. The average molecular weight is 1880 g/mol. The molecule has 0 aliphatic carbocycles. The van der Waals surface area contributed by atoms with Gasteiger partial charge < -0.3 is 24.0 Å². The average Bonchev–Trinajstić information content (AvgIpc) is 0.796. The second kappa shape index (κ2) is 53.8. The van der Waals surface area contributed by atoms with E-state index in [1.54, 1.807) is 20.8 Å². The number of rotatable bonds is 25. The van der Waals surface area contributed by atoms with Gasteiger partial charge in [0, 0.05) is 48.6 Å². The Morgan fingerprint density at radius 2 is 0.492 bits per heavy atom. The number of anilines is 6. The maximum atomic E-state index is 12.2. The van der Waals surface area contributed by atoms with Crippen LogP contribution >= 0.6 is 39.5 Å². The monoisotopic (exact) mass is 1880 g/mol. The molecule has 0 bridgehead atoms. The molecular formula is C119H116Br2KN2O5P. The van der Waals surface area contributed by atoms with Crippen LogP contribution in [0.5, 0.6) is 0 Å². The summed E-state index contributed by atoms with van der Waals surface area (Å²) in [4.78, 5) is 14.7. The van der Waals surface area contributed by atoms with E-state index in [4.69, 9.17) is 9.05 Å². The van der Waals surface area contributed by atoms with Gasteiger partial charge in [0.05, 0.1) is 19.4 Å². The number of carbonyl (C=O) groups excluding carboxylic acids is 1. The van der Waals surface area contributed by atoms with Gasteiger partial charge in [-0.1, -0.05) is 434 Å². The molecule has 7 nitrogen and oxygen atoms in total. The van der Waals surface area contributed by atoms with Crippen molar-refractivity contribution in [2.45, 2.75) is 94.3 Å². The molecule has 0 saturated carbocycles. The van der Waals surface area contributed by atoms with Gasteiger partial charge in [0.2, 0.25) is 0 Å². The van der Waals surface area contributed by atoms with E-state index in [1.807, 2.05) is 69.3 Å². The summed E-state index contributed by atoms with van der Waals surface area (Å²) in [7, 11) is -2.97. The minimum Gasteiger partial charge on any atom is -0.850 e. The molecular weight excluding hydrogens is 1770 g/mol. The van der Waals surface area contributed by atoms with Crippen molar-refractivity contribution in [1.82, 2.24) is 0 Å². The normalized spacial score (nSPS) is 10.8. The standard InChI is InChI=1S/C54H44N2.C26H22.C15H13Br.C11H16BrO3P.C8H8O.C4H9O.CH4.K/c1-41-13-17-43(18-14-41)21-23-45-25-33-51(34-26-45)55(49-9-5-3-6-10-49)53-37-29-47(30-38-53)48-31-39-54(40-32-48)56(50-11-7-4-8-12-50)52-35-27-46(28-36-52)24-22-44-19-15-42(2)16-20-44;1-3-7-21(8-4-1)19-23-11-15-25(16-12-23)26-17-13-24(14-18-26)20-22-9-5-2-6-10-22;1-12-2-4-13(5-3-12)6-7-14-8-10-15(16)11-9-14;1-3-14-16(13,15-4-2)9-10-5-7-11(12)8-6-10;1-7-2-4-8(6-9)5-3-7;1-4(2,3)5;;/h3-40H,1-2H3;1-18H,19-20H2;2-11H,1H3;5-8H,3-4,9H2,1-2H3;2-6H,1H3;1-3H3;1H4;/q;;;;;-1;;+1/b23-21+,24-22+;;7-6+;;;;;. The van der Waals surface area contributed by atoms with E-state index in [-0.39, 0.29) is 58.8 Å². The fraction of sp³-hybridized carbons (Fsp3) is 0.134. The molecule has 0 saturated heterocycles. The van der Waals surface area contributed by atoms with Gasteiger partial charge in [-0.15, -0.1) is 5.60 Å². The summed E-state index contributed by atoms with van der Waals surface area (Å²) in [6, 6.07) is 145. The largest absolute Gasteiger partial charge is 1.00 e. The molecule has 130 heavy (non-hydrogen) atoms. The maximum absolute atomic E-state index is 12.2. The molecule has 11 heteroatoms. The van der Waals surface area contributed by atoms with E-state index in [9.17, 15) is 14.5 Å². The first-order chi connectivity index (χ1) is 62.1. The minimum absolute atomic E-state index is 0. The second-order valence-corrected chi connectivity index (χ2v) is 35.9. The fourth-order valence-corrected chi connectivity index (χ4v) is 15.8. The van der Waals surface area contributed by atoms with Gasteiger partial charge in [0.15, 0.2) is 0 Å². The molecule has 16 aromatic rings. The van der Waals surface area contributed by atoms with Crippen LogP contribution in [-0.2, 0) is 32.6 Å². The van der Waals surface area contributed by atoms with E-state index in [0.717, 1.165) is 84.5 Å². The van der Waals surface area contributed by atoms with E-state index >= 15 is 0 Å². The predicted molar refractivity (Wildman–Crippen MR) is 558 cm³/mol. The molecule has 16 aromatic carbocycles. The number of carbonyl (C=O) groups is 1. The van der Waals surface area contributed by atoms with E-state index in [0.29, 0.717) is 19.4 Å². The number of hydrogen-bond donors (Lipinski definition) is 0. The Balaban J connectivity index is 0.000000211. The van der Waals surface area contributed by atoms with Gasteiger partial charge in [-0.05, 0) is 235 Å². The minimum atomic E-state index is -2.97. The summed E-state index contributed by atoms with van der Waals surface area (Å²) < 4.78 is 24.8. The van der Waals surface area contributed by atoms with Crippen LogP contribution in [0.3, 0.4) is 0 Å². The summed E-state index contributed by atoms with van der Waals surface area (Å²) in [6.45, 7) is 17.6. The summed E-state index contributed by atoms with van der Waals surface area (Å²) in [5.41, 5.74) is 30.0. The Hall–Kier alpha value is -11.3. The van der Waals surface area contributed by atoms with Crippen LogP contribution < -0.4 is 66.3 Å². The van der Waals surface area contributed by atoms with Crippen LogP contribution in [0.15, 0.2) is 421 Å². The van der Waals surface area contributed by atoms with Gasteiger partial charge in [-0.2, -0.15) is 0 Å². The van der Waals surface area contributed by atoms with E-state index in [1.165, 1.54) is 89.0 Å². The van der Waals surface area contributed by atoms with Crippen LogP contribution in [0.1, 0.15) is 136 Å². The number of nitrogens with zero attached hydrogens (tertiary/aromatic N) is 2. The van der Waals surface area contributed by atoms with Gasteiger partial charge in [-0.3, -0.25) is 9.36 Å². The summed E-state index contributed by atoms with van der Waals surface area (Å²) in [6.07, 6.45) is 16.1. The van der Waals surface area contributed by atoms with Crippen LogP contribution in [0.2, 0.25) is 0 Å². The first-order valence-electron chi connectivity index (χ1n) is 43.3. The number of halogens is 2. The molecule has 652 valence electrons. The number of hydrogen-bond acceptors (Lipinski definition) is 7. The van der Waals surface area contributed by atoms with Gasteiger partial charge in [0.25, 0.3) is 0 Å². The third-order valence-electron chi connectivity index (χ3n) is 20.3. The van der Waals surface area contributed by atoms with Crippen molar-refractivity contribution < 1.29 is 74.9 Å². The van der Waals surface area contributed by atoms with Crippen LogP contribution in [-0.4, -0.2) is 25.1 Å². The van der Waals surface area contributed by atoms with Crippen LogP contribution in [0.4, 0.5) is 34.1 Å². The molecule has 0 N–H and O–H groups in total. The summed E-state index contributed by atoms with van der Waals surface area (Å²) >= 11 is 6.78. The first kappa shape index (κ1) is 102. The zero-order valence-electron chi connectivity index (χ0n) is 75.5. The predicted octanol–water partition coefficient (Wildman–Crippen LogP) is 30.5. The Morgan fingerprint density at radius 3 is 0.754 bits per heavy atom. The second-order valence-electron chi connectivity index (χ2n) is 32.0. The molecule has 0 heterocycles. The zero-order valence-corrected chi connectivity index (χ0v) is 82.7. The van der Waals surface area contributed by atoms with Crippen molar-refractivity contribution in [1.29, 1.82) is 0 Å². The molecule has 0 aliphatic rings. The van der Waals surface area contributed by atoms with E-state index < -0.39 is 13.2 Å². The van der Waals surface area contributed by atoms with Crippen LogP contribution in [0, 0.1) is 27.7 Å². The van der Waals surface area contributed by atoms with Gasteiger partial charge in [0.1, 0.15) is 6.29 Å². The molecule has 0 atom stereocenters. The number of benzene rings is 16. The number of aldehydes is 1. The smallest absolute Gasteiger partial charge is 0.850 e. The third kappa shape index (κ3) is 35.2. The summed E-state index contributed by atoms with van der Waals surface area (Å²) in [5, 5.41) is 10.1. The molecule has 0 aliphatic heterocycles. The van der Waals surface area contributed by atoms with Gasteiger partial charge >= 0.3 is 59.0 Å². The van der Waals surface area contributed by atoms with Crippen molar-refractivity contribution >= 4 is 116 Å². The molecule has 0 amide bonds. The third-order valence-corrected chi connectivity index (χ3v) is 23.4. The van der Waals surface area contributed by atoms with Crippen molar-refractivity contribution in [3.05, 3.63) is 510 Å². The Labute approximate surface area is 832 Å². The number of aryl methyl sites for hydroxylation is 4. The topological polar surface area (TPSA) is 82.1 Å². The Bertz CT molecular complexity index is 5780.